The van der Waals surface area contributed by atoms with E-state index >= 15 is 0 Å². The molecule has 17 heavy (non-hydrogen) atoms. The van der Waals surface area contributed by atoms with Crippen LogP contribution in [0.2, 0.25) is 0 Å². The third-order valence-corrected chi connectivity index (χ3v) is 4.71. The summed E-state index contributed by atoms with van der Waals surface area (Å²) in [6.45, 7) is 4.78. The number of piperidine rings is 1. The Morgan fingerprint density at radius 3 is 3.00 bits per heavy atom. The summed E-state index contributed by atoms with van der Waals surface area (Å²) in [5.41, 5.74) is 0. The number of hydrogen-bond donors (Lipinski definition) is 1. The van der Waals surface area contributed by atoms with Gasteiger partial charge in [-0.25, -0.2) is 0 Å². The number of hydrogen-bond acceptors (Lipinski definition) is 3. The van der Waals surface area contributed by atoms with E-state index in [-0.39, 0.29) is 12.4 Å². The van der Waals surface area contributed by atoms with Gasteiger partial charge in [-0.1, -0.05) is 0 Å². The van der Waals surface area contributed by atoms with Crippen LogP contribution in [0.15, 0.2) is 15.9 Å². The molecule has 0 amide bonds. The van der Waals surface area contributed by atoms with Gasteiger partial charge in [-0.15, -0.1) is 23.7 Å². The van der Waals surface area contributed by atoms with E-state index in [4.69, 9.17) is 0 Å². The maximum Gasteiger partial charge on any atom is 0.0701 e. The highest BCUT2D eigenvalue weighted by atomic mass is 79.9. The largest absolute Gasteiger partial charge is 0.319 e. The lowest BCUT2D eigenvalue weighted by Gasteiger charge is -2.32. The second-order valence-electron chi connectivity index (χ2n) is 4.51. The molecular weight excluding hydrogens is 320 g/mol. The third kappa shape index (κ3) is 4.87. The molecular formula is C12H20BrClN2S. The van der Waals surface area contributed by atoms with Crippen molar-refractivity contribution in [1.82, 2.24) is 10.2 Å². The molecule has 0 spiro atoms. The molecule has 1 aliphatic heterocycles. The predicted molar refractivity (Wildman–Crippen MR) is 81.2 cm³/mol. The molecule has 1 N–H and O–H groups in total. The minimum atomic E-state index is 0. The van der Waals surface area contributed by atoms with Gasteiger partial charge in [0.25, 0.3) is 0 Å². The molecule has 0 saturated carbocycles. The van der Waals surface area contributed by atoms with Crippen LogP contribution in [0.5, 0.6) is 0 Å². The van der Waals surface area contributed by atoms with E-state index in [1.54, 1.807) is 0 Å². The van der Waals surface area contributed by atoms with Gasteiger partial charge in [-0.05, 0) is 67.0 Å². The molecule has 2 heterocycles. The average molecular weight is 340 g/mol. The van der Waals surface area contributed by atoms with Crippen LogP contribution in [0.25, 0.3) is 0 Å². The molecule has 1 atom stereocenters. The van der Waals surface area contributed by atoms with Gasteiger partial charge in [0.1, 0.15) is 0 Å². The molecule has 1 unspecified atom stereocenters. The van der Waals surface area contributed by atoms with Crippen LogP contribution in [0, 0.1) is 5.92 Å². The van der Waals surface area contributed by atoms with Crippen LogP contribution in [-0.4, -0.2) is 31.6 Å². The summed E-state index contributed by atoms with van der Waals surface area (Å²) in [7, 11) is 2.05. The second kappa shape index (κ2) is 7.74. The first-order chi connectivity index (χ1) is 7.78. The highest BCUT2D eigenvalue weighted by Gasteiger charge is 2.19. The van der Waals surface area contributed by atoms with Gasteiger partial charge in [0.05, 0.1) is 3.79 Å². The Labute approximate surface area is 122 Å². The summed E-state index contributed by atoms with van der Waals surface area (Å²) in [4.78, 5) is 4.06. The maximum atomic E-state index is 3.52. The standard InChI is InChI=1S/C12H19BrN2S.ClH/c1-14-7-10-3-2-6-15(8-10)9-11-4-5-12(13)16-11;/h4-5,10,14H,2-3,6-9H2,1H3;1H. The molecule has 1 aromatic rings. The summed E-state index contributed by atoms with van der Waals surface area (Å²) < 4.78 is 1.24. The van der Waals surface area contributed by atoms with Gasteiger partial charge in [-0.2, -0.15) is 0 Å². The lowest BCUT2D eigenvalue weighted by Crippen LogP contribution is -2.38. The maximum absolute atomic E-state index is 3.52. The zero-order chi connectivity index (χ0) is 11.4. The Hall–Kier alpha value is 0.390. The smallest absolute Gasteiger partial charge is 0.0701 e. The van der Waals surface area contributed by atoms with E-state index < -0.39 is 0 Å². The number of rotatable bonds is 4. The third-order valence-electron chi connectivity index (χ3n) is 3.10. The molecule has 0 aromatic carbocycles. The monoisotopic (exact) mass is 338 g/mol. The molecule has 98 valence electrons. The van der Waals surface area contributed by atoms with E-state index in [0.717, 1.165) is 19.0 Å². The van der Waals surface area contributed by atoms with Crippen molar-refractivity contribution in [1.29, 1.82) is 0 Å². The normalized spacial score (nSPS) is 21.2. The van der Waals surface area contributed by atoms with E-state index in [1.807, 2.05) is 11.3 Å². The van der Waals surface area contributed by atoms with Crippen molar-refractivity contribution in [3.8, 4) is 0 Å². The minimum Gasteiger partial charge on any atom is -0.319 e. The van der Waals surface area contributed by atoms with Gasteiger partial charge in [0, 0.05) is 18.0 Å². The lowest BCUT2D eigenvalue weighted by molar-refractivity contribution is 0.168. The zero-order valence-corrected chi connectivity index (χ0v) is 13.3. The number of thiophene rings is 1. The molecule has 0 bridgehead atoms. The van der Waals surface area contributed by atoms with E-state index in [0.29, 0.717) is 0 Å². The van der Waals surface area contributed by atoms with E-state index in [9.17, 15) is 0 Å². The van der Waals surface area contributed by atoms with Crippen molar-refractivity contribution < 1.29 is 0 Å². The Kier molecular flexibility index (Phi) is 7.04. The number of halogens is 2. The highest BCUT2D eigenvalue weighted by Crippen LogP contribution is 2.25. The summed E-state index contributed by atoms with van der Waals surface area (Å²) in [5, 5.41) is 3.29. The SMILES string of the molecule is CNCC1CCCN(Cc2ccc(Br)s2)C1.Cl. The van der Waals surface area contributed by atoms with Gasteiger partial charge < -0.3 is 5.32 Å². The van der Waals surface area contributed by atoms with Gasteiger partial charge in [-0.3, -0.25) is 4.90 Å². The first kappa shape index (κ1) is 15.4. The van der Waals surface area contributed by atoms with Crippen molar-refractivity contribution >= 4 is 39.7 Å². The number of nitrogens with zero attached hydrogens (tertiary/aromatic N) is 1. The fourth-order valence-electron chi connectivity index (χ4n) is 2.41. The van der Waals surface area contributed by atoms with Crippen LogP contribution in [-0.2, 0) is 6.54 Å². The van der Waals surface area contributed by atoms with Crippen LogP contribution in [0.1, 0.15) is 17.7 Å². The van der Waals surface area contributed by atoms with E-state index in [1.165, 1.54) is 34.6 Å². The molecule has 1 saturated heterocycles. The fourth-order valence-corrected chi connectivity index (χ4v) is 3.93. The summed E-state index contributed by atoms with van der Waals surface area (Å²) in [5.74, 6) is 0.835. The van der Waals surface area contributed by atoms with Crippen LogP contribution < -0.4 is 5.32 Å². The molecule has 1 aromatic heterocycles. The van der Waals surface area contributed by atoms with E-state index in [2.05, 4.69) is 45.3 Å². The Morgan fingerprint density at radius 1 is 1.53 bits per heavy atom. The molecule has 0 aliphatic carbocycles. The number of nitrogens with one attached hydrogen (secondary N) is 1. The molecule has 1 aliphatic rings. The fraction of sp³-hybridized carbons (Fsp3) is 0.667. The van der Waals surface area contributed by atoms with Gasteiger partial charge in [0.2, 0.25) is 0 Å². The van der Waals surface area contributed by atoms with Gasteiger partial charge >= 0.3 is 0 Å². The second-order valence-corrected chi connectivity index (χ2v) is 7.05. The Morgan fingerprint density at radius 2 is 2.35 bits per heavy atom. The minimum absolute atomic E-state index is 0. The molecule has 2 nitrogen and oxygen atoms in total. The first-order valence-corrected chi connectivity index (χ1v) is 7.50. The van der Waals surface area contributed by atoms with Crippen molar-refractivity contribution in [2.45, 2.75) is 19.4 Å². The lowest BCUT2D eigenvalue weighted by atomic mass is 9.98. The molecule has 0 radical (unpaired) electrons. The number of likely N-dealkylation sites (tertiary alicyclic amines) is 1. The Bertz CT molecular complexity index is 330. The quantitative estimate of drug-likeness (QED) is 0.905. The first-order valence-electron chi connectivity index (χ1n) is 5.89. The summed E-state index contributed by atoms with van der Waals surface area (Å²) in [6.07, 6.45) is 2.73. The van der Waals surface area contributed by atoms with Crippen LogP contribution >= 0.6 is 39.7 Å². The van der Waals surface area contributed by atoms with Crippen molar-refractivity contribution in [2.24, 2.45) is 5.92 Å². The average Bonchev–Trinajstić information content (AvgIpc) is 2.65. The van der Waals surface area contributed by atoms with Crippen LogP contribution in [0.3, 0.4) is 0 Å². The Balaban J connectivity index is 0.00000144. The van der Waals surface area contributed by atoms with Crippen molar-refractivity contribution in [3.05, 3.63) is 20.8 Å². The van der Waals surface area contributed by atoms with Gasteiger partial charge in [0.15, 0.2) is 0 Å². The predicted octanol–water partition coefficient (Wildman–Crippen LogP) is 3.36. The highest BCUT2D eigenvalue weighted by molar-refractivity contribution is 9.11. The topological polar surface area (TPSA) is 15.3 Å². The molecule has 2 rings (SSSR count). The summed E-state index contributed by atoms with van der Waals surface area (Å²) in [6, 6.07) is 4.38. The zero-order valence-electron chi connectivity index (χ0n) is 10.1. The molecule has 1 fully saturated rings. The molecule has 5 heteroatoms. The summed E-state index contributed by atoms with van der Waals surface area (Å²) >= 11 is 5.38. The van der Waals surface area contributed by atoms with Crippen molar-refractivity contribution in [2.75, 3.05) is 26.7 Å². The van der Waals surface area contributed by atoms with Crippen LogP contribution in [0.4, 0.5) is 0 Å². The van der Waals surface area contributed by atoms with Crippen molar-refractivity contribution in [3.63, 3.8) is 0 Å².